The highest BCUT2D eigenvalue weighted by atomic mass is 32.2. The lowest BCUT2D eigenvalue weighted by Crippen LogP contribution is -2.35. The molecule has 2 aromatic heterocycles. The fraction of sp³-hybridized carbons (Fsp3) is 0.327. The molecule has 3 aliphatic rings. The lowest BCUT2D eigenvalue weighted by molar-refractivity contribution is -0.138. The van der Waals surface area contributed by atoms with E-state index in [1.165, 1.54) is 52.9 Å². The number of thioether (sulfide) groups is 2. The van der Waals surface area contributed by atoms with Crippen molar-refractivity contribution in [1.82, 2.24) is 14.0 Å². The van der Waals surface area contributed by atoms with Crippen LogP contribution in [0.25, 0.3) is 43.9 Å². The van der Waals surface area contributed by atoms with E-state index in [1.54, 1.807) is 0 Å². The zero-order chi connectivity index (χ0) is 44.1. The van der Waals surface area contributed by atoms with Gasteiger partial charge in [0.15, 0.2) is 0 Å². The number of aromatic nitrogens is 2. The maximum absolute atomic E-state index is 13.9. The summed E-state index contributed by atoms with van der Waals surface area (Å²) in [5.41, 5.74) is 8.70. The van der Waals surface area contributed by atoms with Crippen LogP contribution < -0.4 is 19.7 Å². The smallest absolute Gasteiger partial charge is 0.323 e. The van der Waals surface area contributed by atoms with Gasteiger partial charge in [-0.15, -0.1) is 23.1 Å². The van der Waals surface area contributed by atoms with E-state index in [9.17, 15) is 24.3 Å². The van der Waals surface area contributed by atoms with Crippen molar-refractivity contribution in [3.8, 4) is 11.1 Å². The number of carboxylic acid groups (broad SMARTS) is 2. The average molecular weight is 917 g/mol. The Bertz CT molecular complexity index is 3020. The normalized spacial score (nSPS) is 18.4. The minimum Gasteiger partial charge on any atom is -0.481 e. The topological polar surface area (TPSA) is 125 Å². The lowest BCUT2D eigenvalue weighted by Gasteiger charge is -2.27. The highest BCUT2D eigenvalue weighted by Crippen LogP contribution is 2.53. The predicted octanol–water partition coefficient (Wildman–Crippen LogP) is 9.43. The van der Waals surface area contributed by atoms with E-state index in [4.69, 9.17) is 17.3 Å². The van der Waals surface area contributed by atoms with Gasteiger partial charge in [-0.2, -0.15) is 0 Å². The molecule has 0 bridgehead atoms. The molecule has 14 heteroatoms. The zero-order valence-electron chi connectivity index (χ0n) is 35.3. The van der Waals surface area contributed by atoms with Crippen LogP contribution in [0.5, 0.6) is 0 Å². The molecule has 10 nitrogen and oxygen atoms in total. The number of aryl methyl sites for hydroxylation is 1. The summed E-state index contributed by atoms with van der Waals surface area (Å²) in [6.07, 6.45) is 7.87. The van der Waals surface area contributed by atoms with E-state index in [0.29, 0.717) is 45.4 Å². The molecule has 2 atom stereocenters. The molecular weight excluding hydrogens is 869 g/mol. The van der Waals surface area contributed by atoms with Crippen molar-refractivity contribution in [2.75, 3.05) is 11.4 Å². The summed E-state index contributed by atoms with van der Waals surface area (Å²) in [4.78, 5) is 56.0. The molecule has 1 saturated heterocycles. The van der Waals surface area contributed by atoms with Gasteiger partial charge in [-0.05, 0) is 109 Å². The molecule has 4 heterocycles. The van der Waals surface area contributed by atoms with E-state index < -0.39 is 24.0 Å². The molecule has 1 amide bonds. The Balaban J connectivity index is 1.04. The Labute approximate surface area is 382 Å². The predicted molar refractivity (Wildman–Crippen MR) is 261 cm³/mol. The molecule has 0 spiro atoms. The van der Waals surface area contributed by atoms with Crippen molar-refractivity contribution in [1.29, 1.82) is 0 Å². The highest BCUT2D eigenvalue weighted by Gasteiger charge is 2.42. The maximum Gasteiger partial charge on any atom is 0.323 e. The number of amides is 1. The van der Waals surface area contributed by atoms with E-state index in [2.05, 4.69) is 103 Å². The third-order valence-corrected chi connectivity index (χ3v) is 16.1. The largest absolute Gasteiger partial charge is 0.481 e. The van der Waals surface area contributed by atoms with Crippen molar-refractivity contribution in [3.63, 3.8) is 0 Å². The number of anilines is 2. The van der Waals surface area contributed by atoms with Crippen LogP contribution in [0.15, 0.2) is 88.6 Å². The Morgan fingerprint density at radius 1 is 0.873 bits per heavy atom. The molecule has 63 heavy (non-hydrogen) atoms. The fourth-order valence-corrected chi connectivity index (χ4v) is 13.0. The first-order chi connectivity index (χ1) is 30.4. The summed E-state index contributed by atoms with van der Waals surface area (Å²) in [7, 11) is 2.13. The van der Waals surface area contributed by atoms with Gasteiger partial charge in [0.2, 0.25) is 0 Å². The van der Waals surface area contributed by atoms with E-state index in [-0.39, 0.29) is 21.9 Å². The number of rotatable bonds is 14. The zero-order valence-corrected chi connectivity index (χ0v) is 38.6. The van der Waals surface area contributed by atoms with Crippen molar-refractivity contribution < 1.29 is 24.6 Å². The number of carboxylic acids is 2. The first kappa shape index (κ1) is 43.1. The van der Waals surface area contributed by atoms with Crippen molar-refractivity contribution in [2.45, 2.75) is 93.9 Å². The highest BCUT2D eigenvalue weighted by molar-refractivity contribution is 8.30. The molecule has 324 valence electrons. The number of thiocarbonyl (C=S) groups is 1. The third kappa shape index (κ3) is 8.38. The summed E-state index contributed by atoms with van der Waals surface area (Å²) >= 11 is 9.65. The quantitative estimate of drug-likeness (QED) is 0.0621. The number of benzene rings is 4. The molecule has 2 aliphatic heterocycles. The maximum atomic E-state index is 13.9. The molecule has 4 aromatic carbocycles. The van der Waals surface area contributed by atoms with E-state index in [0.717, 1.165) is 72.1 Å². The molecule has 1 saturated carbocycles. The van der Waals surface area contributed by atoms with Crippen LogP contribution in [-0.2, 0) is 28.0 Å². The van der Waals surface area contributed by atoms with E-state index in [1.807, 2.05) is 23.9 Å². The van der Waals surface area contributed by atoms with Crippen molar-refractivity contribution in [3.05, 3.63) is 110 Å². The second-order valence-electron chi connectivity index (χ2n) is 16.9. The molecule has 2 fully saturated rings. The second kappa shape index (κ2) is 17.8. The number of fused-ring (bicyclic) bond motifs is 6. The minimum absolute atomic E-state index is 0.109. The Kier molecular flexibility index (Phi) is 12.2. The molecule has 9 rings (SSSR count). The van der Waals surface area contributed by atoms with Crippen molar-refractivity contribution >= 4 is 113 Å². The second-order valence-corrected chi connectivity index (χ2v) is 21.2. The number of hydrogen-bond acceptors (Lipinski definition) is 9. The fourth-order valence-electron chi connectivity index (χ4n) is 9.57. The Morgan fingerprint density at radius 2 is 1.60 bits per heavy atom. The average Bonchev–Trinajstić information content (AvgIpc) is 4.05. The van der Waals surface area contributed by atoms with Gasteiger partial charge in [-0.25, -0.2) is 0 Å². The molecule has 0 radical (unpaired) electrons. The third-order valence-electron chi connectivity index (χ3n) is 12.4. The monoisotopic (exact) mass is 916 g/mol. The summed E-state index contributed by atoms with van der Waals surface area (Å²) in [6, 6.07) is 29.1. The van der Waals surface area contributed by atoms with Crippen LogP contribution in [-0.4, -0.2) is 64.3 Å². The number of hydrogen-bond donors (Lipinski definition) is 2. The van der Waals surface area contributed by atoms with Crippen LogP contribution in [0, 0.1) is 0 Å². The first-order valence-electron chi connectivity index (χ1n) is 21.5. The number of carbonyl (C=O) groups is 3. The number of thiazole rings is 1. The molecule has 2 unspecified atom stereocenters. The molecular formula is C49H48N4O6S4. The van der Waals surface area contributed by atoms with Gasteiger partial charge in [0.25, 0.3) is 11.5 Å². The number of carbonyl (C=O) groups excluding carboxylic acids is 1. The number of nitrogens with zero attached hydrogens (tertiary/aromatic N) is 4. The number of aliphatic carboxylic acids is 2. The number of unbranched alkanes of at least 4 members (excludes halogenated alkanes) is 3. The van der Waals surface area contributed by atoms with Crippen LogP contribution in [0.1, 0.15) is 82.3 Å². The summed E-state index contributed by atoms with van der Waals surface area (Å²) in [5.74, 6) is -2.03. The van der Waals surface area contributed by atoms with Crippen molar-refractivity contribution in [2.24, 2.45) is 7.05 Å². The summed E-state index contributed by atoms with van der Waals surface area (Å²) < 4.78 is 4.44. The molecule has 2 N–H and O–H groups in total. The van der Waals surface area contributed by atoms with Gasteiger partial charge in [-0.3, -0.25) is 28.6 Å². The SMILES string of the molecule is CC(C)Sc1ccc(-c2ccc3c(c2)c2cc(N4c5ccc(/C=c6\s/c(=C7/SC(=S)N(CCCCCCC(=O)O)C7=O)n(CC(=O)O)c6=O)cc5C5CCCC54)ccc2n3C)cc1. The molecule has 1 aliphatic carbocycles. The van der Waals surface area contributed by atoms with Crippen LogP contribution in [0.4, 0.5) is 11.4 Å². The van der Waals surface area contributed by atoms with E-state index >= 15 is 0 Å². The van der Waals surface area contributed by atoms with Gasteiger partial charge < -0.3 is 19.7 Å². The van der Waals surface area contributed by atoms with Gasteiger partial charge in [0.1, 0.15) is 20.4 Å². The first-order valence-corrected chi connectivity index (χ1v) is 24.4. The Morgan fingerprint density at radius 3 is 2.35 bits per heavy atom. The van der Waals surface area contributed by atoms with Gasteiger partial charge in [0.05, 0.1) is 4.53 Å². The van der Waals surface area contributed by atoms with Gasteiger partial charge in [-0.1, -0.05) is 81.4 Å². The van der Waals surface area contributed by atoms with Gasteiger partial charge in [0, 0.05) is 75.3 Å². The molecule has 6 aromatic rings. The summed E-state index contributed by atoms with van der Waals surface area (Å²) in [6.45, 7) is 4.21. The lowest BCUT2D eigenvalue weighted by atomic mass is 9.96. The van der Waals surface area contributed by atoms with Crippen LogP contribution in [0.2, 0.25) is 0 Å². The Hall–Kier alpha value is -5.15. The van der Waals surface area contributed by atoms with Crippen LogP contribution in [0.3, 0.4) is 0 Å². The van der Waals surface area contributed by atoms with Gasteiger partial charge >= 0.3 is 11.9 Å². The van der Waals surface area contributed by atoms with Crippen LogP contribution >= 0.6 is 47.1 Å². The standard InChI is InChI=1S/C49H48N4O6S4/c1-28(2)61-33-17-13-30(14-18-33)31-15-20-38-36(25-31)37-26-32(16-21-39(37)50(38)3)53-40-10-8-9-34(40)35-23-29(12-19-41(35)53)24-42-46(58)52(27-44(56)57)48(62-42)45-47(59)51(49(60)63-45)22-7-5-4-6-11-43(54)55/h12-21,23-26,28,34,40H,4-11,22,27H2,1-3H3,(H,54,55)(H,56,57)/b42-24-,48-45+. The summed E-state index contributed by atoms with van der Waals surface area (Å²) in [5, 5.41) is 21.7. The minimum atomic E-state index is -1.18.